The van der Waals surface area contributed by atoms with Gasteiger partial charge < -0.3 is 9.80 Å². The van der Waals surface area contributed by atoms with E-state index in [0.717, 1.165) is 39.0 Å². The zero-order valence-electron chi connectivity index (χ0n) is 13.1. The Morgan fingerprint density at radius 2 is 1.60 bits per heavy atom. The van der Waals surface area contributed by atoms with Gasteiger partial charge in [-0.1, -0.05) is 44.2 Å². The van der Waals surface area contributed by atoms with Gasteiger partial charge in [-0.25, -0.2) is 0 Å². The maximum Gasteiger partial charge on any atom is 0.223 e. The highest BCUT2D eigenvalue weighted by molar-refractivity contribution is 5.76. The van der Waals surface area contributed by atoms with E-state index >= 15 is 0 Å². The summed E-state index contributed by atoms with van der Waals surface area (Å²) in [4.78, 5) is 16.4. The van der Waals surface area contributed by atoms with Crippen LogP contribution >= 0.6 is 0 Å². The minimum absolute atomic E-state index is 0.286. The van der Waals surface area contributed by atoms with E-state index < -0.39 is 0 Å². The van der Waals surface area contributed by atoms with Gasteiger partial charge in [0.15, 0.2) is 0 Å². The highest BCUT2D eigenvalue weighted by Gasteiger charge is 2.12. The molecule has 1 aromatic carbocycles. The lowest BCUT2D eigenvalue weighted by Crippen LogP contribution is -2.34. The van der Waals surface area contributed by atoms with Crippen molar-refractivity contribution in [3.63, 3.8) is 0 Å². The molecular weight excluding hydrogens is 248 g/mol. The van der Waals surface area contributed by atoms with Gasteiger partial charge in [0, 0.05) is 32.6 Å². The SMILES string of the molecule is CCCN(CCC)C(=O)CCN(C)Cc1ccccc1. The minimum Gasteiger partial charge on any atom is -0.343 e. The molecule has 0 saturated carbocycles. The Kier molecular flexibility index (Phi) is 7.97. The number of benzene rings is 1. The fourth-order valence-electron chi connectivity index (χ4n) is 2.32. The molecular formula is C17H28N2O. The summed E-state index contributed by atoms with van der Waals surface area (Å²) in [7, 11) is 2.07. The van der Waals surface area contributed by atoms with Crippen molar-refractivity contribution >= 4 is 5.91 Å². The first kappa shape index (κ1) is 16.7. The second-order valence-electron chi connectivity index (χ2n) is 5.35. The number of carbonyl (C=O) groups excluding carboxylic acids is 1. The van der Waals surface area contributed by atoms with Crippen LogP contribution in [0, 0.1) is 0 Å². The van der Waals surface area contributed by atoms with E-state index in [1.807, 2.05) is 11.0 Å². The van der Waals surface area contributed by atoms with Gasteiger partial charge in [0.2, 0.25) is 5.91 Å². The lowest BCUT2D eigenvalue weighted by Gasteiger charge is -2.23. The molecule has 0 radical (unpaired) electrons. The summed E-state index contributed by atoms with van der Waals surface area (Å²) in [6.45, 7) is 7.73. The minimum atomic E-state index is 0.286. The molecule has 0 aliphatic rings. The summed E-state index contributed by atoms with van der Waals surface area (Å²) in [6.07, 6.45) is 2.68. The Morgan fingerprint density at radius 3 is 2.15 bits per heavy atom. The predicted molar refractivity (Wildman–Crippen MR) is 84.6 cm³/mol. The van der Waals surface area contributed by atoms with Crippen LogP contribution in [0.1, 0.15) is 38.7 Å². The standard InChI is InChI=1S/C17H28N2O/c1-4-12-19(13-5-2)17(20)11-14-18(3)15-16-9-7-6-8-10-16/h6-10H,4-5,11-15H2,1-3H3. The molecule has 0 aromatic heterocycles. The molecule has 0 bridgehead atoms. The van der Waals surface area contributed by atoms with Crippen molar-refractivity contribution in [2.45, 2.75) is 39.7 Å². The van der Waals surface area contributed by atoms with Crippen molar-refractivity contribution in [3.8, 4) is 0 Å². The third-order valence-corrected chi connectivity index (χ3v) is 3.34. The first-order valence-corrected chi connectivity index (χ1v) is 7.67. The third kappa shape index (κ3) is 6.20. The van der Waals surface area contributed by atoms with E-state index in [-0.39, 0.29) is 5.91 Å². The molecule has 0 atom stereocenters. The Labute approximate surface area is 123 Å². The van der Waals surface area contributed by atoms with Gasteiger partial charge in [0.25, 0.3) is 0 Å². The predicted octanol–water partition coefficient (Wildman–Crippen LogP) is 3.16. The molecule has 0 N–H and O–H groups in total. The van der Waals surface area contributed by atoms with E-state index in [1.54, 1.807) is 0 Å². The summed E-state index contributed by atoms with van der Waals surface area (Å²) in [5, 5.41) is 0. The molecule has 0 aliphatic carbocycles. The fraction of sp³-hybridized carbons (Fsp3) is 0.588. The van der Waals surface area contributed by atoms with Crippen molar-refractivity contribution < 1.29 is 4.79 Å². The lowest BCUT2D eigenvalue weighted by molar-refractivity contribution is -0.131. The highest BCUT2D eigenvalue weighted by Crippen LogP contribution is 2.04. The third-order valence-electron chi connectivity index (χ3n) is 3.34. The van der Waals surface area contributed by atoms with Crippen molar-refractivity contribution in [1.29, 1.82) is 0 Å². The largest absolute Gasteiger partial charge is 0.343 e. The van der Waals surface area contributed by atoms with E-state index in [0.29, 0.717) is 6.42 Å². The first-order chi connectivity index (χ1) is 9.67. The Bertz CT molecular complexity index is 372. The molecule has 1 rings (SSSR count). The molecule has 3 nitrogen and oxygen atoms in total. The van der Waals surface area contributed by atoms with Crippen molar-refractivity contribution in [2.24, 2.45) is 0 Å². The zero-order valence-corrected chi connectivity index (χ0v) is 13.1. The van der Waals surface area contributed by atoms with Gasteiger partial charge in [-0.15, -0.1) is 0 Å². The van der Waals surface area contributed by atoms with Crippen LogP contribution < -0.4 is 0 Å². The number of rotatable bonds is 9. The topological polar surface area (TPSA) is 23.6 Å². The van der Waals surface area contributed by atoms with Gasteiger partial charge in [0.05, 0.1) is 0 Å². The average Bonchev–Trinajstić information content (AvgIpc) is 2.45. The quantitative estimate of drug-likeness (QED) is 0.691. The van der Waals surface area contributed by atoms with Gasteiger partial charge in [-0.3, -0.25) is 4.79 Å². The number of hydrogen-bond donors (Lipinski definition) is 0. The molecule has 0 unspecified atom stereocenters. The van der Waals surface area contributed by atoms with Crippen LogP contribution in [-0.2, 0) is 11.3 Å². The summed E-state index contributed by atoms with van der Waals surface area (Å²) in [6, 6.07) is 10.4. The van der Waals surface area contributed by atoms with Gasteiger partial charge in [-0.2, -0.15) is 0 Å². The average molecular weight is 276 g/mol. The molecule has 112 valence electrons. The summed E-state index contributed by atoms with van der Waals surface area (Å²) >= 11 is 0. The molecule has 1 amide bonds. The van der Waals surface area contributed by atoms with Crippen LogP contribution in [0.5, 0.6) is 0 Å². The number of nitrogens with zero attached hydrogens (tertiary/aromatic N) is 2. The normalized spacial score (nSPS) is 10.8. The summed E-state index contributed by atoms with van der Waals surface area (Å²) in [5.74, 6) is 0.286. The molecule has 20 heavy (non-hydrogen) atoms. The number of amides is 1. The van der Waals surface area contributed by atoms with Gasteiger partial charge in [0.1, 0.15) is 0 Å². The first-order valence-electron chi connectivity index (χ1n) is 7.67. The second kappa shape index (κ2) is 9.54. The maximum absolute atomic E-state index is 12.2. The molecule has 0 spiro atoms. The highest BCUT2D eigenvalue weighted by atomic mass is 16.2. The Morgan fingerprint density at radius 1 is 1.00 bits per heavy atom. The molecule has 1 aromatic rings. The van der Waals surface area contributed by atoms with Crippen LogP contribution in [0.3, 0.4) is 0 Å². The van der Waals surface area contributed by atoms with Crippen molar-refractivity contribution in [3.05, 3.63) is 35.9 Å². The monoisotopic (exact) mass is 276 g/mol. The summed E-state index contributed by atoms with van der Waals surface area (Å²) < 4.78 is 0. The van der Waals surface area contributed by atoms with E-state index in [4.69, 9.17) is 0 Å². The van der Waals surface area contributed by atoms with E-state index in [1.165, 1.54) is 5.56 Å². The van der Waals surface area contributed by atoms with Gasteiger partial charge >= 0.3 is 0 Å². The van der Waals surface area contributed by atoms with E-state index in [2.05, 4.69) is 50.1 Å². The van der Waals surface area contributed by atoms with Crippen LogP contribution in [0.2, 0.25) is 0 Å². The molecule has 0 fully saturated rings. The fourth-order valence-corrected chi connectivity index (χ4v) is 2.32. The second-order valence-corrected chi connectivity index (χ2v) is 5.35. The lowest BCUT2D eigenvalue weighted by atomic mass is 10.2. The van der Waals surface area contributed by atoms with E-state index in [9.17, 15) is 4.79 Å². The van der Waals surface area contributed by atoms with Crippen LogP contribution in [0.15, 0.2) is 30.3 Å². The van der Waals surface area contributed by atoms with Crippen LogP contribution in [0.25, 0.3) is 0 Å². The smallest absolute Gasteiger partial charge is 0.223 e. The van der Waals surface area contributed by atoms with Crippen molar-refractivity contribution in [2.75, 3.05) is 26.7 Å². The maximum atomic E-state index is 12.2. The van der Waals surface area contributed by atoms with Gasteiger partial charge in [-0.05, 0) is 25.5 Å². The Balaban J connectivity index is 2.35. The van der Waals surface area contributed by atoms with Crippen molar-refractivity contribution in [1.82, 2.24) is 9.80 Å². The number of carbonyl (C=O) groups is 1. The molecule has 3 heteroatoms. The zero-order chi connectivity index (χ0) is 14.8. The molecule has 0 heterocycles. The van der Waals surface area contributed by atoms with Crippen LogP contribution in [-0.4, -0.2) is 42.4 Å². The molecule has 0 saturated heterocycles. The van der Waals surface area contributed by atoms with Crippen LogP contribution in [0.4, 0.5) is 0 Å². The summed E-state index contributed by atoms with van der Waals surface area (Å²) in [5.41, 5.74) is 1.29. The Hall–Kier alpha value is -1.35. The molecule has 0 aliphatic heterocycles. The number of hydrogen-bond acceptors (Lipinski definition) is 2.